The first-order chi connectivity index (χ1) is 23.6. The molecule has 2 atom stereocenters. The highest BCUT2D eigenvalue weighted by Gasteiger charge is 2.39. The molecule has 0 radical (unpaired) electrons. The lowest BCUT2D eigenvalue weighted by Crippen LogP contribution is -2.44. The number of hydrogen-bond acceptors (Lipinski definition) is 6. The number of ether oxygens (including phenoxy) is 1. The van der Waals surface area contributed by atoms with Crippen LogP contribution in [0, 0.1) is 0 Å². The van der Waals surface area contributed by atoms with Gasteiger partial charge in [-0.2, -0.15) is 0 Å². The Labute approximate surface area is 300 Å². The van der Waals surface area contributed by atoms with Crippen LogP contribution in [0.15, 0.2) is 103 Å². The van der Waals surface area contributed by atoms with Gasteiger partial charge >= 0.3 is 0 Å². The number of benzene rings is 4. The van der Waals surface area contributed by atoms with Crippen molar-refractivity contribution in [3.8, 4) is 5.75 Å². The van der Waals surface area contributed by atoms with E-state index in [0.717, 1.165) is 40.5 Å². The lowest BCUT2D eigenvalue weighted by atomic mass is 10.0. The van der Waals surface area contributed by atoms with Gasteiger partial charge in [0.1, 0.15) is 12.4 Å². The zero-order valence-electron chi connectivity index (χ0n) is 30.5. The van der Waals surface area contributed by atoms with Gasteiger partial charge in [0, 0.05) is 19.1 Å². The van der Waals surface area contributed by atoms with Crippen molar-refractivity contribution in [1.82, 2.24) is 10.6 Å². The number of hydrogen-bond donors (Lipinski definition) is 3. The summed E-state index contributed by atoms with van der Waals surface area (Å²) in [6.45, 7) is 14.5. The molecule has 0 heterocycles. The molecule has 0 fully saturated rings. The van der Waals surface area contributed by atoms with Gasteiger partial charge in [0.25, 0.3) is 0 Å². The molecular formula is C40H53N3O5SSi. The Hall–Kier alpha value is -3.96. The van der Waals surface area contributed by atoms with Crippen molar-refractivity contribution < 1.29 is 22.4 Å². The van der Waals surface area contributed by atoms with Crippen LogP contribution >= 0.6 is 0 Å². The normalized spacial score (nSPS) is 13.3. The Morgan fingerprint density at radius 3 is 2.08 bits per heavy atom. The van der Waals surface area contributed by atoms with E-state index in [2.05, 4.69) is 68.3 Å². The molecule has 268 valence electrons. The smallest absolute Gasteiger partial charge is 0.229 e. The Kier molecular flexibility index (Phi) is 13.4. The summed E-state index contributed by atoms with van der Waals surface area (Å²) in [5.41, 5.74) is 5.40. The lowest BCUT2D eigenvalue weighted by Gasteiger charge is -2.40. The maximum Gasteiger partial charge on any atom is 0.229 e. The molecule has 0 saturated heterocycles. The quantitative estimate of drug-likeness (QED) is 0.0965. The topological polar surface area (TPSA) is 106 Å². The highest BCUT2D eigenvalue weighted by atomic mass is 32.2. The standard InChI is InChI=1S/C40H53N3O5SSi/c1-30(23-33-19-14-20-34(24-33)25-39(44)42-27-31-15-10-8-11-16-31)41-28-38(48-50(6,7)40(2,3)4)35-21-22-37(36(26-35)43-49(5,45)46)47-29-32-17-12-9-13-18-32/h8-22,24,26,30,38,41,43H,23,25,27-29H2,1-7H3,(H,42,44)/t30-,38+/m1/s1. The fourth-order valence-electron chi connectivity index (χ4n) is 5.29. The molecule has 50 heavy (non-hydrogen) atoms. The van der Waals surface area contributed by atoms with E-state index in [0.29, 0.717) is 37.6 Å². The second-order valence-corrected chi connectivity index (χ2v) is 21.0. The minimum Gasteiger partial charge on any atom is -0.487 e. The molecule has 0 aliphatic carbocycles. The van der Waals surface area contributed by atoms with E-state index in [4.69, 9.17) is 9.16 Å². The van der Waals surface area contributed by atoms with Crippen molar-refractivity contribution in [3.63, 3.8) is 0 Å². The van der Waals surface area contributed by atoms with Crippen LogP contribution in [0.2, 0.25) is 18.1 Å². The van der Waals surface area contributed by atoms with Gasteiger partial charge in [-0.3, -0.25) is 9.52 Å². The fraction of sp³-hybridized carbons (Fsp3) is 0.375. The minimum absolute atomic E-state index is 0.0102. The van der Waals surface area contributed by atoms with Crippen molar-refractivity contribution in [2.45, 2.75) is 84.0 Å². The first-order valence-electron chi connectivity index (χ1n) is 17.2. The van der Waals surface area contributed by atoms with Crippen LogP contribution in [-0.4, -0.2) is 41.5 Å². The third-order valence-electron chi connectivity index (χ3n) is 9.03. The molecule has 0 spiro atoms. The Bertz CT molecular complexity index is 1790. The van der Waals surface area contributed by atoms with Crippen molar-refractivity contribution in [2.75, 3.05) is 17.5 Å². The SMILES string of the molecule is C[C@H](Cc1cccc(CC(=O)NCc2ccccc2)c1)NC[C@H](O[Si](C)(C)C(C)(C)C)c1ccc(OCc2ccccc2)c(NS(C)(=O)=O)c1. The number of nitrogens with one attached hydrogen (secondary N) is 3. The molecule has 4 rings (SSSR count). The fourth-order valence-corrected chi connectivity index (χ4v) is 7.14. The largest absolute Gasteiger partial charge is 0.487 e. The Balaban J connectivity index is 1.47. The van der Waals surface area contributed by atoms with Crippen molar-refractivity contribution in [3.05, 3.63) is 131 Å². The van der Waals surface area contributed by atoms with Crippen LogP contribution in [0.4, 0.5) is 5.69 Å². The molecule has 0 aliphatic rings. The summed E-state index contributed by atoms with van der Waals surface area (Å²) < 4.78 is 40.5. The van der Waals surface area contributed by atoms with Gasteiger partial charge in [-0.15, -0.1) is 0 Å². The summed E-state index contributed by atoms with van der Waals surface area (Å²) in [6, 6.07) is 33.5. The van der Waals surface area contributed by atoms with Crippen LogP contribution < -0.4 is 20.1 Å². The molecule has 0 unspecified atom stereocenters. The summed E-state index contributed by atoms with van der Waals surface area (Å²) in [5, 5.41) is 6.66. The van der Waals surface area contributed by atoms with E-state index in [1.54, 1.807) is 0 Å². The number of amides is 1. The maximum atomic E-state index is 12.7. The second kappa shape index (κ2) is 17.3. The zero-order chi connectivity index (χ0) is 36.4. The average Bonchev–Trinajstić information content (AvgIpc) is 3.05. The summed E-state index contributed by atoms with van der Waals surface area (Å²) in [4.78, 5) is 12.7. The summed E-state index contributed by atoms with van der Waals surface area (Å²) >= 11 is 0. The van der Waals surface area contributed by atoms with Gasteiger partial charge in [-0.1, -0.05) is 112 Å². The highest BCUT2D eigenvalue weighted by Crippen LogP contribution is 2.40. The molecule has 0 aromatic heterocycles. The van der Waals surface area contributed by atoms with Crippen molar-refractivity contribution in [1.29, 1.82) is 0 Å². The third-order valence-corrected chi connectivity index (χ3v) is 14.1. The van der Waals surface area contributed by atoms with Crippen LogP contribution in [0.3, 0.4) is 0 Å². The third kappa shape index (κ3) is 12.4. The minimum atomic E-state index is -3.57. The lowest BCUT2D eigenvalue weighted by molar-refractivity contribution is -0.120. The van der Waals surface area contributed by atoms with E-state index in [1.807, 2.05) is 91.0 Å². The van der Waals surface area contributed by atoms with E-state index < -0.39 is 18.3 Å². The van der Waals surface area contributed by atoms with E-state index in [1.165, 1.54) is 0 Å². The predicted octanol–water partition coefficient (Wildman–Crippen LogP) is 7.78. The average molecular weight is 716 g/mol. The predicted molar refractivity (Wildman–Crippen MR) is 206 cm³/mol. The Morgan fingerprint density at radius 1 is 0.820 bits per heavy atom. The van der Waals surface area contributed by atoms with Crippen molar-refractivity contribution >= 4 is 29.9 Å². The van der Waals surface area contributed by atoms with Gasteiger partial charge in [0.05, 0.1) is 24.5 Å². The molecule has 8 nitrogen and oxygen atoms in total. The van der Waals surface area contributed by atoms with Gasteiger partial charge in [0.2, 0.25) is 15.9 Å². The van der Waals surface area contributed by atoms with Crippen molar-refractivity contribution in [2.24, 2.45) is 0 Å². The molecule has 4 aromatic carbocycles. The molecular weight excluding hydrogens is 663 g/mol. The number of carbonyl (C=O) groups excluding carboxylic acids is 1. The van der Waals surface area contributed by atoms with Gasteiger partial charge in [-0.25, -0.2) is 8.42 Å². The molecule has 3 N–H and O–H groups in total. The molecule has 0 bridgehead atoms. The Morgan fingerprint density at radius 2 is 1.44 bits per heavy atom. The van der Waals surface area contributed by atoms with E-state index in [-0.39, 0.29) is 23.1 Å². The van der Waals surface area contributed by atoms with Gasteiger partial charge in [-0.05, 0) is 71.4 Å². The highest BCUT2D eigenvalue weighted by molar-refractivity contribution is 7.92. The number of rotatable bonds is 17. The van der Waals surface area contributed by atoms with Gasteiger partial charge < -0.3 is 19.8 Å². The molecule has 0 saturated carbocycles. The molecule has 1 amide bonds. The molecule has 4 aromatic rings. The van der Waals surface area contributed by atoms with Crippen LogP contribution in [0.25, 0.3) is 0 Å². The first-order valence-corrected chi connectivity index (χ1v) is 22.0. The van der Waals surface area contributed by atoms with E-state index in [9.17, 15) is 13.2 Å². The summed E-state index contributed by atoms with van der Waals surface area (Å²) in [7, 11) is -5.81. The molecule has 10 heteroatoms. The van der Waals surface area contributed by atoms with E-state index >= 15 is 0 Å². The van der Waals surface area contributed by atoms with Crippen LogP contribution in [-0.2, 0) is 45.2 Å². The summed E-state index contributed by atoms with van der Waals surface area (Å²) in [5.74, 6) is 0.438. The van der Waals surface area contributed by atoms with Gasteiger partial charge in [0.15, 0.2) is 8.32 Å². The zero-order valence-corrected chi connectivity index (χ0v) is 32.3. The van der Waals surface area contributed by atoms with Crippen LogP contribution in [0.5, 0.6) is 5.75 Å². The number of carbonyl (C=O) groups is 1. The maximum absolute atomic E-state index is 12.7. The first kappa shape index (κ1) is 38.8. The monoisotopic (exact) mass is 715 g/mol. The summed E-state index contributed by atoms with van der Waals surface area (Å²) in [6.07, 6.45) is 1.89. The molecule has 0 aliphatic heterocycles. The number of anilines is 1. The second-order valence-electron chi connectivity index (χ2n) is 14.5. The number of sulfonamides is 1. The van der Waals surface area contributed by atoms with Crippen LogP contribution in [0.1, 0.15) is 61.6 Å².